The minimum absolute atomic E-state index is 0.129. The monoisotopic (exact) mass is 454 g/mol. The molecular weight excluding hydrogens is 420 g/mol. The number of fused-ring (bicyclic) bond motifs is 3. The van der Waals surface area contributed by atoms with E-state index >= 15 is 0 Å². The summed E-state index contributed by atoms with van der Waals surface area (Å²) in [4.78, 5) is 17.0. The third kappa shape index (κ3) is 3.58. The van der Waals surface area contributed by atoms with Crippen LogP contribution < -0.4 is 5.32 Å². The summed E-state index contributed by atoms with van der Waals surface area (Å²) in [5.41, 5.74) is 5.28. The molecule has 2 aromatic carbocycles. The standard InChI is InChI=1S/C30H34N2O2/c33-29(34-18-19-6-2-1-3-7-19)26-13-24-23-8-4-5-9-25(23)32-28(24)27(31-26)17-30-14-20-10-21(15-30)12-22(11-20)16-30/h1-9,20-22,26-27,31-32H,10-18H2/t20?,21?,22?,26-,27+,30?/m0/s1. The molecule has 0 saturated heterocycles. The summed E-state index contributed by atoms with van der Waals surface area (Å²) in [7, 11) is 0. The SMILES string of the molecule is O=C(OCc1ccccc1)[C@@H]1Cc2c([nH]c3ccccc23)[C@@H](CC23CC4CC(CC(C4)C2)C3)N1. The first-order valence-electron chi connectivity index (χ1n) is 13.2. The van der Waals surface area contributed by atoms with E-state index in [2.05, 4.69) is 34.6 Å². The maximum atomic E-state index is 13.3. The Balaban J connectivity index is 1.18. The Labute approximate surface area is 201 Å². The van der Waals surface area contributed by atoms with Gasteiger partial charge in [-0.05, 0) is 85.3 Å². The highest BCUT2D eigenvalue weighted by atomic mass is 16.5. The molecule has 4 nitrogen and oxygen atoms in total. The van der Waals surface area contributed by atoms with Gasteiger partial charge in [-0.15, -0.1) is 0 Å². The predicted molar refractivity (Wildman–Crippen MR) is 133 cm³/mol. The molecule has 4 fully saturated rings. The summed E-state index contributed by atoms with van der Waals surface area (Å²) < 4.78 is 5.80. The summed E-state index contributed by atoms with van der Waals surface area (Å²) in [6, 6.07) is 18.4. The molecule has 0 unspecified atom stereocenters. The van der Waals surface area contributed by atoms with Crippen molar-refractivity contribution in [3.05, 3.63) is 71.4 Å². The Kier molecular flexibility index (Phi) is 4.87. The summed E-state index contributed by atoms with van der Waals surface area (Å²) in [5.74, 6) is 2.67. The highest BCUT2D eigenvalue weighted by Gasteiger charge is 2.52. The Morgan fingerprint density at radius 2 is 1.59 bits per heavy atom. The van der Waals surface area contributed by atoms with Gasteiger partial charge in [0.25, 0.3) is 0 Å². The van der Waals surface area contributed by atoms with Gasteiger partial charge in [0.2, 0.25) is 0 Å². The number of hydrogen-bond donors (Lipinski definition) is 2. The van der Waals surface area contributed by atoms with E-state index in [1.807, 2.05) is 30.3 Å². The molecule has 0 amide bonds. The van der Waals surface area contributed by atoms with E-state index in [1.54, 1.807) is 0 Å². The van der Waals surface area contributed by atoms with Crippen LogP contribution in [0.1, 0.15) is 67.8 Å². The van der Waals surface area contributed by atoms with Crippen LogP contribution in [0.25, 0.3) is 10.9 Å². The zero-order valence-electron chi connectivity index (χ0n) is 19.8. The molecule has 4 aliphatic carbocycles. The molecule has 3 aromatic rings. The lowest BCUT2D eigenvalue weighted by molar-refractivity contribution is -0.148. The number of hydrogen-bond acceptors (Lipinski definition) is 3. The van der Waals surface area contributed by atoms with Gasteiger partial charge in [-0.1, -0.05) is 48.5 Å². The Morgan fingerprint density at radius 3 is 2.32 bits per heavy atom. The van der Waals surface area contributed by atoms with Crippen molar-refractivity contribution >= 4 is 16.9 Å². The number of nitrogens with one attached hydrogen (secondary N) is 2. The number of esters is 1. The van der Waals surface area contributed by atoms with E-state index in [9.17, 15) is 4.79 Å². The van der Waals surface area contributed by atoms with E-state index in [0.717, 1.165) is 29.7 Å². The van der Waals surface area contributed by atoms with Gasteiger partial charge in [0, 0.05) is 29.1 Å². The van der Waals surface area contributed by atoms with Gasteiger partial charge in [-0.3, -0.25) is 10.1 Å². The minimum Gasteiger partial charge on any atom is -0.460 e. The van der Waals surface area contributed by atoms with E-state index in [1.165, 1.54) is 60.7 Å². The van der Waals surface area contributed by atoms with Gasteiger partial charge in [0.15, 0.2) is 0 Å². The highest BCUT2D eigenvalue weighted by Crippen LogP contribution is 2.62. The summed E-state index contributed by atoms with van der Waals surface area (Å²) in [5, 5.41) is 5.04. The molecule has 2 atom stereocenters. The molecule has 34 heavy (non-hydrogen) atoms. The molecule has 8 rings (SSSR count). The lowest BCUT2D eigenvalue weighted by Crippen LogP contribution is -2.50. The van der Waals surface area contributed by atoms with Crippen molar-refractivity contribution in [2.24, 2.45) is 23.2 Å². The third-order valence-electron chi connectivity index (χ3n) is 9.32. The van der Waals surface area contributed by atoms with E-state index < -0.39 is 0 Å². The van der Waals surface area contributed by atoms with Crippen LogP contribution in [-0.4, -0.2) is 17.0 Å². The van der Waals surface area contributed by atoms with Crippen molar-refractivity contribution in [2.75, 3.05) is 0 Å². The quantitative estimate of drug-likeness (QED) is 0.460. The first kappa shape index (κ1) is 20.8. The van der Waals surface area contributed by atoms with Gasteiger partial charge < -0.3 is 9.72 Å². The fourth-order valence-corrected chi connectivity index (χ4v) is 8.44. The van der Waals surface area contributed by atoms with E-state index in [4.69, 9.17) is 4.74 Å². The summed E-state index contributed by atoms with van der Waals surface area (Å²) >= 11 is 0. The number of carbonyl (C=O) groups is 1. The molecule has 0 spiro atoms. The zero-order chi connectivity index (χ0) is 22.7. The summed E-state index contributed by atoms with van der Waals surface area (Å²) in [6.45, 7) is 0.332. The predicted octanol–water partition coefficient (Wildman–Crippen LogP) is 6.07. The van der Waals surface area contributed by atoms with Crippen LogP contribution in [0.2, 0.25) is 0 Å². The lowest BCUT2D eigenvalue weighted by atomic mass is 9.48. The maximum absolute atomic E-state index is 13.3. The number of benzene rings is 2. The highest BCUT2D eigenvalue weighted by molar-refractivity contribution is 5.87. The van der Waals surface area contributed by atoms with Crippen molar-refractivity contribution in [1.29, 1.82) is 0 Å². The van der Waals surface area contributed by atoms with Gasteiger partial charge >= 0.3 is 5.97 Å². The van der Waals surface area contributed by atoms with Crippen molar-refractivity contribution in [3.63, 3.8) is 0 Å². The number of carbonyl (C=O) groups excluding carboxylic acids is 1. The molecule has 2 heterocycles. The topological polar surface area (TPSA) is 54.1 Å². The second kappa shape index (κ2) is 7.98. The third-order valence-corrected chi connectivity index (χ3v) is 9.32. The van der Waals surface area contributed by atoms with Gasteiger partial charge in [-0.2, -0.15) is 0 Å². The first-order valence-corrected chi connectivity index (χ1v) is 13.2. The van der Waals surface area contributed by atoms with Crippen LogP contribution in [-0.2, 0) is 22.6 Å². The van der Waals surface area contributed by atoms with Crippen LogP contribution in [0.5, 0.6) is 0 Å². The smallest absolute Gasteiger partial charge is 0.323 e. The second-order valence-electron chi connectivity index (χ2n) is 11.8. The molecular formula is C30H34N2O2. The van der Waals surface area contributed by atoms with Gasteiger partial charge in [0.1, 0.15) is 12.6 Å². The number of aromatic nitrogens is 1. The Hall–Kier alpha value is -2.59. The molecule has 0 radical (unpaired) electrons. The zero-order valence-corrected chi connectivity index (χ0v) is 19.8. The van der Waals surface area contributed by atoms with Crippen molar-refractivity contribution < 1.29 is 9.53 Å². The number of rotatable bonds is 5. The Morgan fingerprint density at radius 1 is 0.912 bits per heavy atom. The first-order chi connectivity index (χ1) is 16.6. The minimum atomic E-state index is -0.297. The molecule has 4 bridgehead atoms. The molecule has 176 valence electrons. The van der Waals surface area contributed by atoms with Crippen LogP contribution >= 0.6 is 0 Å². The average Bonchev–Trinajstić information content (AvgIpc) is 3.21. The van der Waals surface area contributed by atoms with Crippen molar-refractivity contribution in [3.8, 4) is 0 Å². The number of ether oxygens (including phenoxy) is 1. The lowest BCUT2D eigenvalue weighted by Gasteiger charge is -2.58. The fraction of sp³-hybridized carbons (Fsp3) is 0.500. The van der Waals surface area contributed by atoms with Crippen LogP contribution in [0.15, 0.2) is 54.6 Å². The number of para-hydroxylation sites is 1. The molecule has 1 aromatic heterocycles. The van der Waals surface area contributed by atoms with Gasteiger partial charge in [-0.25, -0.2) is 0 Å². The van der Waals surface area contributed by atoms with E-state index in [-0.39, 0.29) is 18.1 Å². The second-order valence-corrected chi connectivity index (χ2v) is 11.8. The van der Waals surface area contributed by atoms with Gasteiger partial charge in [0.05, 0.1) is 0 Å². The maximum Gasteiger partial charge on any atom is 0.323 e. The summed E-state index contributed by atoms with van der Waals surface area (Å²) in [6.07, 6.45) is 10.4. The van der Waals surface area contributed by atoms with Crippen LogP contribution in [0.4, 0.5) is 0 Å². The van der Waals surface area contributed by atoms with E-state index in [0.29, 0.717) is 18.4 Å². The van der Waals surface area contributed by atoms with Crippen LogP contribution in [0.3, 0.4) is 0 Å². The molecule has 4 heteroatoms. The number of aromatic amines is 1. The average molecular weight is 455 g/mol. The fourth-order valence-electron chi connectivity index (χ4n) is 8.44. The molecule has 4 saturated carbocycles. The normalized spacial score (nSPS) is 33.7. The number of H-pyrrole nitrogens is 1. The van der Waals surface area contributed by atoms with Crippen molar-refractivity contribution in [1.82, 2.24) is 10.3 Å². The largest absolute Gasteiger partial charge is 0.460 e. The Bertz CT molecular complexity index is 1180. The molecule has 2 N–H and O–H groups in total. The van der Waals surface area contributed by atoms with Crippen LogP contribution in [0, 0.1) is 23.2 Å². The van der Waals surface area contributed by atoms with Crippen molar-refractivity contribution in [2.45, 2.75) is 70.1 Å². The molecule has 5 aliphatic rings. The molecule has 1 aliphatic heterocycles.